The topological polar surface area (TPSA) is 64.1 Å². The molecule has 2 heterocycles. The first-order valence-electron chi connectivity index (χ1n) is 6.39. The van der Waals surface area contributed by atoms with E-state index in [1.54, 1.807) is 6.26 Å². The maximum absolute atomic E-state index is 5.78. The van der Waals surface area contributed by atoms with Crippen LogP contribution < -0.4 is 11.1 Å². The molecule has 0 aliphatic carbocycles. The number of rotatable bonds is 4. The number of pyridine rings is 1. The lowest BCUT2D eigenvalue weighted by Crippen LogP contribution is -1.99. The number of nitrogens with two attached hydrogens (primary N) is 1. The molecule has 0 amide bonds. The number of hydrogen-bond donors (Lipinski definition) is 2. The quantitative estimate of drug-likeness (QED) is 0.708. The maximum atomic E-state index is 5.78. The number of benzene rings is 1. The third-order valence-corrected chi connectivity index (χ3v) is 3.01. The van der Waals surface area contributed by atoms with Crippen LogP contribution in [0.2, 0.25) is 0 Å². The van der Waals surface area contributed by atoms with Gasteiger partial charge < -0.3 is 15.5 Å². The number of aromatic nitrogens is 1. The molecule has 20 heavy (non-hydrogen) atoms. The van der Waals surface area contributed by atoms with Crippen LogP contribution in [-0.2, 0) is 6.54 Å². The van der Waals surface area contributed by atoms with Crippen LogP contribution in [0.25, 0.3) is 11.1 Å². The summed E-state index contributed by atoms with van der Waals surface area (Å²) >= 11 is 0. The Kier molecular flexibility index (Phi) is 3.37. The molecule has 1 aromatic carbocycles. The summed E-state index contributed by atoms with van der Waals surface area (Å²) in [5.41, 5.74) is 8.64. The average molecular weight is 265 g/mol. The minimum atomic E-state index is 0.623. The van der Waals surface area contributed by atoms with E-state index in [1.165, 1.54) is 0 Å². The molecule has 0 bridgehead atoms. The largest absolute Gasteiger partial charge is 0.467 e. The normalized spacial score (nSPS) is 10.4. The first-order valence-corrected chi connectivity index (χ1v) is 6.39. The fourth-order valence-corrected chi connectivity index (χ4v) is 1.98. The van der Waals surface area contributed by atoms with Crippen LogP contribution >= 0.6 is 0 Å². The van der Waals surface area contributed by atoms with Crippen LogP contribution in [0.3, 0.4) is 0 Å². The highest BCUT2D eigenvalue weighted by Crippen LogP contribution is 2.21. The van der Waals surface area contributed by atoms with E-state index in [9.17, 15) is 0 Å². The molecule has 100 valence electrons. The van der Waals surface area contributed by atoms with Crippen LogP contribution in [0, 0.1) is 0 Å². The molecule has 3 N–H and O–H groups in total. The Morgan fingerprint density at radius 3 is 2.70 bits per heavy atom. The van der Waals surface area contributed by atoms with Gasteiger partial charge in [-0.3, -0.25) is 0 Å². The molecular formula is C16H15N3O. The molecule has 3 aromatic rings. The lowest BCUT2D eigenvalue weighted by Gasteiger charge is -2.06. The van der Waals surface area contributed by atoms with Crippen molar-refractivity contribution >= 4 is 11.5 Å². The predicted molar refractivity (Wildman–Crippen MR) is 80.1 cm³/mol. The van der Waals surface area contributed by atoms with Crippen LogP contribution in [0.15, 0.2) is 65.4 Å². The first-order chi connectivity index (χ1) is 9.81. The van der Waals surface area contributed by atoms with Gasteiger partial charge in [0.15, 0.2) is 0 Å². The zero-order chi connectivity index (χ0) is 13.8. The molecule has 0 atom stereocenters. The summed E-state index contributed by atoms with van der Waals surface area (Å²) in [6.45, 7) is 0.623. The zero-order valence-corrected chi connectivity index (χ0v) is 10.9. The molecule has 0 saturated carbocycles. The number of anilines is 2. The third-order valence-electron chi connectivity index (χ3n) is 3.01. The summed E-state index contributed by atoms with van der Waals surface area (Å²) in [7, 11) is 0. The van der Waals surface area contributed by atoms with Crippen LogP contribution in [0.4, 0.5) is 11.5 Å². The van der Waals surface area contributed by atoms with Crippen molar-refractivity contribution in [3.8, 4) is 11.1 Å². The van der Waals surface area contributed by atoms with Gasteiger partial charge in [0.25, 0.3) is 0 Å². The van der Waals surface area contributed by atoms with E-state index in [2.05, 4.69) is 10.3 Å². The average Bonchev–Trinajstić information content (AvgIpc) is 2.99. The molecule has 4 heteroatoms. The van der Waals surface area contributed by atoms with E-state index in [0.717, 1.165) is 28.4 Å². The Morgan fingerprint density at radius 1 is 1.05 bits per heavy atom. The van der Waals surface area contributed by atoms with Gasteiger partial charge in [0.2, 0.25) is 0 Å². The second-order valence-corrected chi connectivity index (χ2v) is 4.49. The minimum Gasteiger partial charge on any atom is -0.467 e. The van der Waals surface area contributed by atoms with Crippen molar-refractivity contribution in [2.75, 3.05) is 11.1 Å². The van der Waals surface area contributed by atoms with Crippen molar-refractivity contribution in [1.82, 2.24) is 4.98 Å². The highest BCUT2D eigenvalue weighted by Gasteiger charge is 2.00. The Balaban J connectivity index is 1.71. The van der Waals surface area contributed by atoms with Crippen molar-refractivity contribution in [2.45, 2.75) is 6.54 Å². The van der Waals surface area contributed by atoms with Crippen LogP contribution in [0.5, 0.6) is 0 Å². The summed E-state index contributed by atoms with van der Waals surface area (Å²) in [5, 5.41) is 3.21. The van der Waals surface area contributed by atoms with Crippen molar-refractivity contribution < 1.29 is 4.42 Å². The van der Waals surface area contributed by atoms with Crippen molar-refractivity contribution in [1.29, 1.82) is 0 Å². The van der Waals surface area contributed by atoms with E-state index >= 15 is 0 Å². The summed E-state index contributed by atoms with van der Waals surface area (Å²) < 4.78 is 5.26. The van der Waals surface area contributed by atoms with Gasteiger partial charge >= 0.3 is 0 Å². The molecular weight excluding hydrogens is 250 g/mol. The lowest BCUT2D eigenvalue weighted by atomic mass is 10.1. The molecule has 0 aliphatic rings. The van der Waals surface area contributed by atoms with Gasteiger partial charge in [-0.2, -0.15) is 0 Å². The van der Waals surface area contributed by atoms with E-state index < -0.39 is 0 Å². The Morgan fingerprint density at radius 2 is 2.00 bits per heavy atom. The molecule has 3 rings (SSSR count). The first kappa shape index (κ1) is 12.3. The highest BCUT2D eigenvalue weighted by molar-refractivity contribution is 5.67. The van der Waals surface area contributed by atoms with Crippen LogP contribution in [-0.4, -0.2) is 4.98 Å². The van der Waals surface area contributed by atoms with E-state index in [-0.39, 0.29) is 0 Å². The molecule has 0 fully saturated rings. The van der Waals surface area contributed by atoms with Gasteiger partial charge in [0.1, 0.15) is 11.6 Å². The standard InChI is InChI=1S/C16H15N3O/c17-14-4-1-3-12(9-14)13-6-7-16(18-10-13)19-11-15-5-2-8-20-15/h1-10H,11,17H2,(H,18,19). The van der Waals surface area contributed by atoms with Gasteiger partial charge in [-0.15, -0.1) is 0 Å². The molecule has 0 unspecified atom stereocenters. The third kappa shape index (κ3) is 2.80. The molecule has 0 radical (unpaired) electrons. The predicted octanol–water partition coefficient (Wildman–Crippen LogP) is 3.54. The highest BCUT2D eigenvalue weighted by atomic mass is 16.3. The molecule has 2 aromatic heterocycles. The molecule has 0 aliphatic heterocycles. The van der Waals surface area contributed by atoms with Gasteiger partial charge in [0, 0.05) is 17.4 Å². The molecule has 0 spiro atoms. The Labute approximate surface area is 117 Å². The van der Waals surface area contributed by atoms with Gasteiger partial charge in [-0.05, 0) is 42.0 Å². The van der Waals surface area contributed by atoms with Gasteiger partial charge in [-0.25, -0.2) is 4.98 Å². The van der Waals surface area contributed by atoms with E-state index in [4.69, 9.17) is 10.2 Å². The second kappa shape index (κ2) is 5.48. The summed E-state index contributed by atoms with van der Waals surface area (Å²) in [5.74, 6) is 1.70. The second-order valence-electron chi connectivity index (χ2n) is 4.49. The Hall–Kier alpha value is -2.75. The summed E-state index contributed by atoms with van der Waals surface area (Å²) in [6.07, 6.45) is 3.49. The monoisotopic (exact) mass is 265 g/mol. The SMILES string of the molecule is Nc1cccc(-c2ccc(NCc3ccco3)nc2)c1. The Bertz CT molecular complexity index is 675. The minimum absolute atomic E-state index is 0.623. The fraction of sp³-hybridized carbons (Fsp3) is 0.0625. The number of nitrogens with one attached hydrogen (secondary N) is 1. The number of nitrogens with zero attached hydrogens (tertiary/aromatic N) is 1. The summed E-state index contributed by atoms with van der Waals surface area (Å²) in [6, 6.07) is 15.5. The number of nitrogen functional groups attached to an aromatic ring is 1. The van der Waals surface area contributed by atoms with Crippen molar-refractivity contribution in [3.63, 3.8) is 0 Å². The summed E-state index contributed by atoms with van der Waals surface area (Å²) in [4.78, 5) is 4.39. The smallest absolute Gasteiger partial charge is 0.126 e. The lowest BCUT2D eigenvalue weighted by molar-refractivity contribution is 0.518. The fourth-order valence-electron chi connectivity index (χ4n) is 1.98. The van der Waals surface area contributed by atoms with Crippen molar-refractivity contribution in [2.24, 2.45) is 0 Å². The maximum Gasteiger partial charge on any atom is 0.126 e. The van der Waals surface area contributed by atoms with E-state index in [0.29, 0.717) is 6.54 Å². The zero-order valence-electron chi connectivity index (χ0n) is 10.9. The molecule has 0 saturated heterocycles. The van der Waals surface area contributed by atoms with E-state index in [1.807, 2.05) is 54.7 Å². The van der Waals surface area contributed by atoms with Gasteiger partial charge in [0.05, 0.1) is 12.8 Å². The van der Waals surface area contributed by atoms with Crippen molar-refractivity contribution in [3.05, 3.63) is 66.8 Å². The van der Waals surface area contributed by atoms with Gasteiger partial charge in [-0.1, -0.05) is 12.1 Å². The number of furan rings is 1. The van der Waals surface area contributed by atoms with Crippen LogP contribution in [0.1, 0.15) is 5.76 Å². The number of hydrogen-bond acceptors (Lipinski definition) is 4. The molecule has 4 nitrogen and oxygen atoms in total.